The van der Waals surface area contributed by atoms with Crippen LogP contribution in [0.5, 0.6) is 5.75 Å². The lowest BCUT2D eigenvalue weighted by Gasteiger charge is -2.08. The van der Waals surface area contributed by atoms with E-state index in [0.29, 0.717) is 12.3 Å². The fraction of sp³-hybridized carbons (Fsp3) is 0.333. The number of anilines is 1. The average molecular weight is 378 g/mol. The van der Waals surface area contributed by atoms with Crippen molar-refractivity contribution < 1.29 is 17.9 Å². The van der Waals surface area contributed by atoms with Crippen molar-refractivity contribution in [1.82, 2.24) is 4.98 Å². The summed E-state index contributed by atoms with van der Waals surface area (Å²) in [4.78, 5) is 26.6. The molecule has 0 saturated heterocycles. The van der Waals surface area contributed by atoms with Gasteiger partial charge in [0.05, 0.1) is 12.4 Å². The predicted molar refractivity (Wildman–Crippen MR) is 100 cm³/mol. The lowest BCUT2D eigenvalue weighted by molar-refractivity contribution is -0.113. The molecule has 7 nitrogen and oxygen atoms in total. The molecule has 0 radical (unpaired) electrons. The molecule has 2 N–H and O–H groups in total. The maximum absolute atomic E-state index is 12.2. The first-order valence-corrected chi connectivity index (χ1v) is 10.0. The molecule has 1 aromatic carbocycles. The summed E-state index contributed by atoms with van der Waals surface area (Å²) in [5, 5.41) is 2.56. The van der Waals surface area contributed by atoms with Gasteiger partial charge >= 0.3 is 0 Å². The zero-order chi connectivity index (χ0) is 19.2. The molecular formula is C18H22N2O5S. The Bertz CT molecular complexity index is 935. The maximum atomic E-state index is 12.2. The highest BCUT2D eigenvalue weighted by Gasteiger charge is 2.18. The number of ether oxygens (including phenoxy) is 1. The summed E-state index contributed by atoms with van der Waals surface area (Å²) in [7, 11) is -3.73. The molecule has 140 valence electrons. The van der Waals surface area contributed by atoms with Gasteiger partial charge in [-0.05, 0) is 31.0 Å². The van der Waals surface area contributed by atoms with Gasteiger partial charge < -0.3 is 15.0 Å². The standard InChI is InChI=1S/C18H22N2O5S/c1-3-7-25-17-10-19-15(9-16(17)21)11-26(23,24)12-18(22)20-14-6-4-5-13(2)8-14/h4-6,8-10H,3,7,11-12H2,1-2H3,(H,19,21)(H,20,22). The van der Waals surface area contributed by atoms with Crippen molar-refractivity contribution >= 4 is 21.4 Å². The smallest absolute Gasteiger partial charge is 0.239 e. The Kier molecular flexibility index (Phi) is 6.57. The molecule has 1 aromatic heterocycles. The van der Waals surface area contributed by atoms with Crippen LogP contribution in [0, 0.1) is 6.92 Å². The fourth-order valence-electron chi connectivity index (χ4n) is 2.32. The van der Waals surface area contributed by atoms with Gasteiger partial charge in [0.25, 0.3) is 0 Å². The largest absolute Gasteiger partial charge is 0.488 e. The van der Waals surface area contributed by atoms with Gasteiger partial charge in [-0.3, -0.25) is 9.59 Å². The summed E-state index contributed by atoms with van der Waals surface area (Å²) < 4.78 is 29.7. The first-order chi connectivity index (χ1) is 12.3. The molecule has 0 aliphatic rings. The van der Waals surface area contributed by atoms with Crippen molar-refractivity contribution in [3.63, 3.8) is 0 Å². The van der Waals surface area contributed by atoms with Crippen LogP contribution in [0.2, 0.25) is 0 Å². The molecule has 0 atom stereocenters. The van der Waals surface area contributed by atoms with Crippen LogP contribution >= 0.6 is 0 Å². The van der Waals surface area contributed by atoms with Crippen LogP contribution in [-0.2, 0) is 20.4 Å². The zero-order valence-electron chi connectivity index (χ0n) is 14.7. The van der Waals surface area contributed by atoms with Gasteiger partial charge in [-0.25, -0.2) is 8.42 Å². The molecule has 2 aromatic rings. The van der Waals surface area contributed by atoms with E-state index in [1.807, 2.05) is 19.9 Å². The van der Waals surface area contributed by atoms with Crippen LogP contribution in [0.1, 0.15) is 24.6 Å². The number of sulfone groups is 1. The molecule has 0 bridgehead atoms. The van der Waals surface area contributed by atoms with Crippen molar-refractivity contribution in [3.05, 3.63) is 58.0 Å². The van der Waals surface area contributed by atoms with E-state index in [9.17, 15) is 18.0 Å². The number of carbonyl (C=O) groups is 1. The van der Waals surface area contributed by atoms with Crippen LogP contribution in [0.3, 0.4) is 0 Å². The Hall–Kier alpha value is -2.61. The van der Waals surface area contributed by atoms with Crippen LogP contribution in [0.4, 0.5) is 5.69 Å². The molecular weight excluding hydrogens is 356 g/mol. The summed E-state index contributed by atoms with van der Waals surface area (Å²) in [6.07, 6.45) is 2.10. The Morgan fingerprint density at radius 1 is 1.27 bits per heavy atom. The van der Waals surface area contributed by atoms with Crippen molar-refractivity contribution in [1.29, 1.82) is 0 Å². The van der Waals surface area contributed by atoms with Gasteiger partial charge in [0.1, 0.15) is 5.75 Å². The van der Waals surface area contributed by atoms with E-state index < -0.39 is 32.7 Å². The highest BCUT2D eigenvalue weighted by molar-refractivity contribution is 7.91. The van der Waals surface area contributed by atoms with E-state index in [2.05, 4.69) is 10.3 Å². The van der Waals surface area contributed by atoms with Crippen molar-refractivity contribution in [2.75, 3.05) is 17.7 Å². The number of hydrogen-bond acceptors (Lipinski definition) is 5. The lowest BCUT2D eigenvalue weighted by Crippen LogP contribution is -2.24. The number of nitrogens with one attached hydrogen (secondary N) is 2. The molecule has 2 rings (SSSR count). The van der Waals surface area contributed by atoms with Crippen LogP contribution < -0.4 is 15.5 Å². The minimum atomic E-state index is -3.73. The van der Waals surface area contributed by atoms with Crippen molar-refractivity contribution in [2.24, 2.45) is 0 Å². The summed E-state index contributed by atoms with van der Waals surface area (Å²) >= 11 is 0. The van der Waals surface area contributed by atoms with Crippen LogP contribution in [-0.4, -0.2) is 31.7 Å². The monoisotopic (exact) mass is 378 g/mol. The second-order valence-electron chi connectivity index (χ2n) is 5.99. The van der Waals surface area contributed by atoms with E-state index in [4.69, 9.17) is 4.74 Å². The first kappa shape index (κ1) is 19.7. The SMILES string of the molecule is CCCOc1c[nH]c(CS(=O)(=O)CC(=O)Nc2cccc(C)c2)cc1=O. The molecule has 1 amide bonds. The number of pyridine rings is 1. The molecule has 0 unspecified atom stereocenters. The van der Waals surface area contributed by atoms with Gasteiger partial charge in [-0.2, -0.15) is 0 Å². The summed E-state index contributed by atoms with van der Waals surface area (Å²) in [5.41, 5.74) is 1.30. The normalized spacial score (nSPS) is 11.2. The molecule has 0 fully saturated rings. The van der Waals surface area contributed by atoms with E-state index in [0.717, 1.165) is 12.0 Å². The number of carbonyl (C=O) groups excluding carboxylic acids is 1. The Morgan fingerprint density at radius 3 is 2.69 bits per heavy atom. The number of benzene rings is 1. The van der Waals surface area contributed by atoms with Gasteiger partial charge in [0.2, 0.25) is 11.3 Å². The Morgan fingerprint density at radius 2 is 2.04 bits per heavy atom. The molecule has 0 spiro atoms. The number of aromatic nitrogens is 1. The van der Waals surface area contributed by atoms with E-state index in [-0.39, 0.29) is 11.4 Å². The quantitative estimate of drug-likeness (QED) is 0.731. The first-order valence-electron chi connectivity index (χ1n) is 8.20. The second-order valence-corrected chi connectivity index (χ2v) is 8.05. The number of rotatable bonds is 8. The fourth-order valence-corrected chi connectivity index (χ4v) is 3.53. The highest BCUT2D eigenvalue weighted by atomic mass is 32.2. The molecule has 1 heterocycles. The van der Waals surface area contributed by atoms with Crippen LogP contribution in [0.25, 0.3) is 0 Å². The highest BCUT2D eigenvalue weighted by Crippen LogP contribution is 2.11. The minimum absolute atomic E-state index is 0.144. The average Bonchev–Trinajstić information content (AvgIpc) is 2.53. The van der Waals surface area contributed by atoms with E-state index in [1.54, 1.807) is 18.2 Å². The topological polar surface area (TPSA) is 105 Å². The Balaban J connectivity index is 2.00. The molecule has 26 heavy (non-hydrogen) atoms. The Labute approximate surface area is 152 Å². The maximum Gasteiger partial charge on any atom is 0.239 e. The van der Waals surface area contributed by atoms with Gasteiger partial charge in [-0.1, -0.05) is 19.1 Å². The number of aryl methyl sites for hydroxylation is 1. The predicted octanol–water partition coefficient (Wildman–Crippen LogP) is 2.03. The molecule has 0 aliphatic carbocycles. The summed E-state index contributed by atoms with van der Waals surface area (Å²) in [6, 6.07) is 8.26. The number of H-pyrrole nitrogens is 1. The number of hydrogen-bond donors (Lipinski definition) is 2. The minimum Gasteiger partial charge on any atom is -0.488 e. The molecule has 8 heteroatoms. The number of aromatic amines is 1. The summed E-state index contributed by atoms with van der Waals surface area (Å²) in [6.45, 7) is 4.19. The van der Waals surface area contributed by atoms with Crippen molar-refractivity contribution in [2.45, 2.75) is 26.0 Å². The van der Waals surface area contributed by atoms with Gasteiger partial charge in [-0.15, -0.1) is 0 Å². The third-order valence-corrected chi connectivity index (χ3v) is 4.88. The molecule has 0 aliphatic heterocycles. The third kappa shape index (κ3) is 6.03. The lowest BCUT2D eigenvalue weighted by atomic mass is 10.2. The number of amides is 1. The van der Waals surface area contributed by atoms with Crippen molar-refractivity contribution in [3.8, 4) is 5.75 Å². The summed E-state index contributed by atoms with van der Waals surface area (Å²) in [5.74, 6) is -1.58. The second kappa shape index (κ2) is 8.66. The van der Waals surface area contributed by atoms with E-state index in [1.165, 1.54) is 12.3 Å². The van der Waals surface area contributed by atoms with Gasteiger partial charge in [0, 0.05) is 23.6 Å². The zero-order valence-corrected chi connectivity index (χ0v) is 15.6. The van der Waals surface area contributed by atoms with Crippen LogP contribution in [0.15, 0.2) is 41.3 Å². The van der Waals surface area contributed by atoms with E-state index >= 15 is 0 Å². The van der Waals surface area contributed by atoms with Gasteiger partial charge in [0.15, 0.2) is 15.6 Å². The third-order valence-electron chi connectivity index (χ3n) is 3.43. The molecule has 0 saturated carbocycles.